The number of β-amino-alcohol motifs (C(OH)–C–C–N with tert-alkyl or cyclic N) is 1. The number of nitrogens with one attached hydrogen (secondary N) is 1. The lowest BCUT2D eigenvalue weighted by Crippen LogP contribution is -2.54. The van der Waals surface area contributed by atoms with Crippen LogP contribution in [0, 0.1) is 0 Å². The third-order valence-corrected chi connectivity index (χ3v) is 2.37. The van der Waals surface area contributed by atoms with Crippen molar-refractivity contribution >= 4 is 11.9 Å². The average Bonchev–Trinajstić information content (AvgIpc) is 2.55. The Balaban J connectivity index is 2.64. The molecule has 8 heteroatoms. The molecule has 1 heterocycles. The Morgan fingerprint density at radius 2 is 2.06 bits per heavy atom. The second-order valence-electron chi connectivity index (χ2n) is 3.60. The zero-order valence-corrected chi connectivity index (χ0v) is 8.41. The van der Waals surface area contributed by atoms with Crippen LogP contribution in [0.2, 0.25) is 0 Å². The van der Waals surface area contributed by atoms with Crippen molar-refractivity contribution < 1.29 is 30.0 Å². The smallest absolute Gasteiger partial charge is 0.324 e. The van der Waals surface area contributed by atoms with Crippen LogP contribution < -0.4 is 5.43 Å². The number of aliphatic hydroxyl groups excluding tert-OH is 2. The summed E-state index contributed by atoms with van der Waals surface area (Å²) < 4.78 is 0. The maximum atomic E-state index is 10.8. The highest BCUT2D eigenvalue weighted by molar-refractivity contribution is 5.75. The van der Waals surface area contributed by atoms with Crippen LogP contribution >= 0.6 is 0 Å². The van der Waals surface area contributed by atoms with Crippen molar-refractivity contribution in [3.63, 3.8) is 0 Å². The number of aliphatic carboxylic acids is 2. The van der Waals surface area contributed by atoms with E-state index in [-0.39, 0.29) is 13.0 Å². The van der Waals surface area contributed by atoms with Crippen molar-refractivity contribution in [1.29, 1.82) is 0 Å². The summed E-state index contributed by atoms with van der Waals surface area (Å²) in [5.41, 5.74) is 2.37. The van der Waals surface area contributed by atoms with E-state index in [1.807, 2.05) is 0 Å². The fourth-order valence-corrected chi connectivity index (χ4v) is 1.56. The molecule has 0 aromatic heterocycles. The molecule has 3 atom stereocenters. The fraction of sp³-hybridized carbons (Fsp3) is 0.750. The molecule has 0 aromatic carbocycles. The molecule has 0 amide bonds. The van der Waals surface area contributed by atoms with Crippen molar-refractivity contribution in [3.05, 3.63) is 0 Å². The Hall–Kier alpha value is -1.22. The first-order chi connectivity index (χ1) is 7.45. The number of carboxylic acid groups (broad SMARTS) is 2. The van der Waals surface area contributed by atoms with Gasteiger partial charge in [0.1, 0.15) is 12.1 Å². The van der Waals surface area contributed by atoms with Crippen LogP contribution in [0.25, 0.3) is 0 Å². The first-order valence-corrected chi connectivity index (χ1v) is 4.73. The summed E-state index contributed by atoms with van der Waals surface area (Å²) in [6.45, 7) is -0.644. The van der Waals surface area contributed by atoms with E-state index in [1.165, 1.54) is 0 Å². The molecule has 1 aliphatic heterocycles. The van der Waals surface area contributed by atoms with Crippen LogP contribution in [-0.2, 0) is 9.59 Å². The minimum Gasteiger partial charge on any atom is -0.480 e. The van der Waals surface area contributed by atoms with Crippen LogP contribution in [0.5, 0.6) is 0 Å². The number of aliphatic hydroxyl groups is 2. The second kappa shape index (κ2) is 5.21. The Kier molecular flexibility index (Phi) is 4.19. The van der Waals surface area contributed by atoms with Crippen LogP contribution in [0.3, 0.4) is 0 Å². The molecule has 1 unspecified atom stereocenters. The first-order valence-electron chi connectivity index (χ1n) is 4.73. The van der Waals surface area contributed by atoms with Gasteiger partial charge in [0.05, 0.1) is 12.7 Å². The van der Waals surface area contributed by atoms with Gasteiger partial charge in [0.2, 0.25) is 0 Å². The lowest BCUT2D eigenvalue weighted by molar-refractivity contribution is -0.148. The van der Waals surface area contributed by atoms with Crippen molar-refractivity contribution in [2.45, 2.75) is 24.6 Å². The minimum absolute atomic E-state index is 0.0146. The molecule has 8 nitrogen and oxygen atoms in total. The van der Waals surface area contributed by atoms with Crippen LogP contribution in [0.15, 0.2) is 0 Å². The van der Waals surface area contributed by atoms with E-state index in [4.69, 9.17) is 15.3 Å². The van der Waals surface area contributed by atoms with Gasteiger partial charge in [-0.15, -0.1) is 0 Å². The SMILES string of the molecule is O=C(O)[C@H](CO)NN1CC(O)C[C@H]1C(=O)O. The van der Waals surface area contributed by atoms with Crippen LogP contribution in [0.4, 0.5) is 0 Å². The molecule has 0 radical (unpaired) electrons. The zero-order chi connectivity index (χ0) is 12.3. The average molecular weight is 234 g/mol. The van der Waals surface area contributed by atoms with Gasteiger partial charge in [-0.1, -0.05) is 0 Å². The summed E-state index contributed by atoms with van der Waals surface area (Å²) in [5.74, 6) is -2.43. The van der Waals surface area contributed by atoms with Crippen molar-refractivity contribution in [1.82, 2.24) is 10.4 Å². The second-order valence-corrected chi connectivity index (χ2v) is 3.60. The van der Waals surface area contributed by atoms with Gasteiger partial charge >= 0.3 is 11.9 Å². The summed E-state index contributed by atoms with van der Waals surface area (Å²) in [7, 11) is 0. The van der Waals surface area contributed by atoms with E-state index in [1.54, 1.807) is 0 Å². The van der Waals surface area contributed by atoms with Gasteiger partial charge in [-0.05, 0) is 0 Å². The van der Waals surface area contributed by atoms with E-state index >= 15 is 0 Å². The Labute approximate surface area is 91.1 Å². The topological polar surface area (TPSA) is 130 Å². The molecule has 0 aromatic rings. The van der Waals surface area contributed by atoms with Gasteiger partial charge in [0.25, 0.3) is 0 Å². The highest BCUT2D eigenvalue weighted by atomic mass is 16.4. The Morgan fingerprint density at radius 3 is 2.50 bits per heavy atom. The number of hydrogen-bond donors (Lipinski definition) is 5. The molecule has 1 fully saturated rings. The van der Waals surface area contributed by atoms with Crippen molar-refractivity contribution in [2.24, 2.45) is 0 Å². The molecule has 0 bridgehead atoms. The van der Waals surface area contributed by atoms with Crippen molar-refractivity contribution in [2.75, 3.05) is 13.2 Å². The normalized spacial score (nSPS) is 27.9. The quantitative estimate of drug-likeness (QED) is 0.351. The number of carboxylic acids is 2. The first kappa shape index (κ1) is 12.8. The Bertz CT molecular complexity index is 284. The fourth-order valence-electron chi connectivity index (χ4n) is 1.56. The van der Waals surface area contributed by atoms with Gasteiger partial charge < -0.3 is 20.4 Å². The van der Waals surface area contributed by atoms with E-state index in [9.17, 15) is 14.7 Å². The molecule has 0 spiro atoms. The molecule has 1 saturated heterocycles. The largest absolute Gasteiger partial charge is 0.480 e. The predicted octanol–water partition coefficient (Wildman–Crippen LogP) is -2.54. The highest BCUT2D eigenvalue weighted by Crippen LogP contribution is 2.16. The summed E-state index contributed by atoms with van der Waals surface area (Å²) in [6.07, 6.45) is -0.790. The summed E-state index contributed by atoms with van der Waals surface area (Å²) in [6, 6.07) is -2.25. The zero-order valence-electron chi connectivity index (χ0n) is 8.41. The highest BCUT2D eigenvalue weighted by Gasteiger charge is 2.37. The number of nitrogens with zero attached hydrogens (tertiary/aromatic N) is 1. The lowest BCUT2D eigenvalue weighted by atomic mass is 10.2. The minimum atomic E-state index is -1.28. The molecular weight excluding hydrogens is 220 g/mol. The number of hydrazine groups is 1. The molecular formula is C8H14N2O6. The van der Waals surface area contributed by atoms with Gasteiger partial charge in [0, 0.05) is 13.0 Å². The molecule has 16 heavy (non-hydrogen) atoms. The van der Waals surface area contributed by atoms with Gasteiger partial charge in [0.15, 0.2) is 0 Å². The summed E-state index contributed by atoms with van der Waals surface area (Å²) in [4.78, 5) is 21.4. The predicted molar refractivity (Wildman–Crippen MR) is 50.4 cm³/mol. The number of rotatable bonds is 5. The van der Waals surface area contributed by atoms with E-state index in [0.29, 0.717) is 0 Å². The molecule has 0 aliphatic carbocycles. The van der Waals surface area contributed by atoms with Gasteiger partial charge in [-0.2, -0.15) is 0 Å². The monoisotopic (exact) mass is 234 g/mol. The number of hydrogen-bond acceptors (Lipinski definition) is 6. The third kappa shape index (κ3) is 2.89. The van der Waals surface area contributed by atoms with E-state index < -0.39 is 36.7 Å². The van der Waals surface area contributed by atoms with E-state index in [2.05, 4.69) is 5.43 Å². The third-order valence-electron chi connectivity index (χ3n) is 2.37. The van der Waals surface area contributed by atoms with Gasteiger partial charge in [-0.3, -0.25) is 9.59 Å². The van der Waals surface area contributed by atoms with E-state index in [0.717, 1.165) is 5.01 Å². The maximum Gasteiger partial charge on any atom is 0.324 e. The Morgan fingerprint density at radius 1 is 1.44 bits per heavy atom. The maximum absolute atomic E-state index is 10.8. The van der Waals surface area contributed by atoms with Crippen LogP contribution in [-0.4, -0.2) is 68.7 Å². The van der Waals surface area contributed by atoms with Crippen molar-refractivity contribution in [3.8, 4) is 0 Å². The molecule has 5 N–H and O–H groups in total. The number of carbonyl (C=O) groups is 2. The molecule has 1 rings (SSSR count). The molecule has 92 valence electrons. The van der Waals surface area contributed by atoms with Crippen LogP contribution in [0.1, 0.15) is 6.42 Å². The summed E-state index contributed by atoms with van der Waals surface area (Å²) in [5, 5.41) is 36.7. The molecule has 1 aliphatic rings. The standard InChI is InChI=1S/C8H14N2O6/c11-3-5(7(13)14)9-10-2-4(12)1-6(10)8(15)16/h4-6,9,11-12H,1-3H2,(H,13,14)(H,15,16)/t4?,5-,6-/m0/s1. The van der Waals surface area contributed by atoms with Gasteiger partial charge in [-0.25, -0.2) is 10.4 Å². The molecule has 0 saturated carbocycles. The summed E-state index contributed by atoms with van der Waals surface area (Å²) >= 11 is 0. The lowest BCUT2D eigenvalue weighted by Gasteiger charge is -2.24.